The molecule has 4 aliphatic heterocycles. The second-order valence-corrected chi connectivity index (χ2v) is 11.3. The zero-order chi connectivity index (χ0) is 25.6. The molecule has 0 spiro atoms. The number of hydrogen-bond donors (Lipinski definition) is 4. The van der Waals surface area contributed by atoms with Crippen LogP contribution in [0, 0.1) is 17.2 Å². The van der Waals surface area contributed by atoms with Crippen LogP contribution in [-0.4, -0.2) is 88.6 Å². The second kappa shape index (κ2) is 10.2. The number of halogens is 1. The molecule has 5 rings (SSSR count). The summed E-state index contributed by atoms with van der Waals surface area (Å²) >= 11 is 7.73. The van der Waals surface area contributed by atoms with Gasteiger partial charge in [0.1, 0.15) is 24.4 Å². The molecule has 36 heavy (non-hydrogen) atoms. The number of thioether (sulfide) groups is 1. The van der Waals surface area contributed by atoms with Gasteiger partial charge in [0.05, 0.1) is 35.8 Å². The van der Waals surface area contributed by atoms with Crippen molar-refractivity contribution >= 4 is 34.8 Å². The Bertz CT molecular complexity index is 1060. The summed E-state index contributed by atoms with van der Waals surface area (Å²) in [4.78, 5) is 13.4. The van der Waals surface area contributed by atoms with E-state index in [2.05, 4.69) is 16.7 Å². The molecule has 4 heterocycles. The summed E-state index contributed by atoms with van der Waals surface area (Å²) in [6.45, 7) is 2.71. The number of rotatable bonds is 6. The van der Waals surface area contributed by atoms with Crippen LogP contribution in [0.4, 0.5) is 0 Å². The van der Waals surface area contributed by atoms with E-state index < -0.39 is 47.0 Å². The van der Waals surface area contributed by atoms with Gasteiger partial charge in [-0.1, -0.05) is 18.2 Å². The number of benzene rings is 1. The van der Waals surface area contributed by atoms with Gasteiger partial charge in [-0.3, -0.25) is 4.79 Å². The zero-order valence-corrected chi connectivity index (χ0v) is 21.5. The monoisotopic (exact) mass is 535 g/mol. The van der Waals surface area contributed by atoms with Gasteiger partial charge >= 0.3 is 0 Å². The van der Waals surface area contributed by atoms with Crippen molar-refractivity contribution in [1.82, 2.24) is 10.6 Å². The van der Waals surface area contributed by atoms with E-state index >= 15 is 0 Å². The summed E-state index contributed by atoms with van der Waals surface area (Å²) in [5.74, 6) is -1.71. The number of carbonyl (C=O) groups excluding carboxylic acids is 1. The highest BCUT2D eigenvalue weighted by Gasteiger charge is 2.70. The van der Waals surface area contributed by atoms with E-state index in [4.69, 9.17) is 31.1 Å². The van der Waals surface area contributed by atoms with Crippen molar-refractivity contribution < 1.29 is 29.2 Å². The number of nitrogens with one attached hydrogen (secondary N) is 2. The molecule has 9 nitrogen and oxygen atoms in total. The molecular formula is C25H30ClN3O6S. The molecule has 0 aliphatic carbocycles. The van der Waals surface area contributed by atoms with Crippen molar-refractivity contribution in [3.05, 3.63) is 41.5 Å². The van der Waals surface area contributed by atoms with E-state index in [0.29, 0.717) is 18.7 Å². The van der Waals surface area contributed by atoms with E-state index in [-0.39, 0.29) is 17.9 Å². The minimum absolute atomic E-state index is 0.0873. The highest BCUT2D eigenvalue weighted by Crippen LogP contribution is 2.50. The van der Waals surface area contributed by atoms with Crippen molar-refractivity contribution in [3.8, 4) is 6.07 Å². The van der Waals surface area contributed by atoms with Gasteiger partial charge in [-0.15, -0.1) is 23.4 Å². The Kier molecular flexibility index (Phi) is 7.38. The molecule has 3 saturated heterocycles. The molecule has 1 aromatic rings. The Morgan fingerprint density at radius 1 is 1.39 bits per heavy atom. The molecular weight excluding hydrogens is 506 g/mol. The Morgan fingerprint density at radius 2 is 2.14 bits per heavy atom. The van der Waals surface area contributed by atoms with Gasteiger partial charge in [-0.25, -0.2) is 0 Å². The molecule has 4 N–H and O–H groups in total. The number of nitrogens with zero attached hydrogens (tertiary/aromatic N) is 1. The highest BCUT2D eigenvalue weighted by molar-refractivity contribution is 7.99. The van der Waals surface area contributed by atoms with Crippen LogP contribution < -0.4 is 10.6 Å². The number of carbonyl (C=O) groups is 1. The number of fused-ring (bicyclic) bond motifs is 2. The molecule has 3 fully saturated rings. The van der Waals surface area contributed by atoms with Crippen LogP contribution in [-0.2, 0) is 19.0 Å². The van der Waals surface area contributed by atoms with Crippen LogP contribution in [0.1, 0.15) is 24.5 Å². The van der Waals surface area contributed by atoms with Gasteiger partial charge < -0.3 is 35.1 Å². The summed E-state index contributed by atoms with van der Waals surface area (Å²) in [5.41, 5.74) is 2.08. The normalized spacial score (nSPS) is 39.0. The molecule has 0 aromatic heterocycles. The van der Waals surface area contributed by atoms with E-state index in [1.165, 1.54) is 11.8 Å². The van der Waals surface area contributed by atoms with Crippen molar-refractivity contribution in [2.75, 3.05) is 19.4 Å². The smallest absolute Gasteiger partial charge is 0.240 e. The van der Waals surface area contributed by atoms with Gasteiger partial charge in [0.25, 0.3) is 0 Å². The first kappa shape index (κ1) is 25.9. The molecule has 1 aromatic carbocycles. The highest BCUT2D eigenvalue weighted by atomic mass is 35.5. The van der Waals surface area contributed by atoms with Crippen LogP contribution >= 0.6 is 23.4 Å². The minimum atomic E-state index is -1.52. The molecule has 0 bridgehead atoms. The molecule has 4 aliphatic rings. The molecule has 11 heteroatoms. The molecule has 0 radical (unpaired) electrons. The standard InChI is InChI=1S/C25H30ClN3O6S/c1-12(26)17(21-19(30)22-25(32,35-22)24(34-21)36-2)29-23(31)18-20-16(11-28-18)9-15(7-8-33-20)14-5-3-13(10-27)4-6-14/h3-7,12,16-22,24,28,30,32H,8-9,11H2,1-2H3,(H,29,31)/t12-,16-,17+,18-,19?,20+,21+,22?,24?,25-/m0/s1. The van der Waals surface area contributed by atoms with Crippen LogP contribution in [0.5, 0.6) is 0 Å². The van der Waals surface area contributed by atoms with E-state index in [9.17, 15) is 15.0 Å². The van der Waals surface area contributed by atoms with Gasteiger partial charge in [0.2, 0.25) is 11.7 Å². The third-order valence-corrected chi connectivity index (χ3v) is 8.61. The average molecular weight is 536 g/mol. The first-order valence-corrected chi connectivity index (χ1v) is 13.7. The third kappa shape index (κ3) is 4.68. The maximum Gasteiger partial charge on any atom is 0.240 e. The Labute approximate surface area is 219 Å². The lowest BCUT2D eigenvalue weighted by Gasteiger charge is -2.39. The molecule has 3 unspecified atom stereocenters. The summed E-state index contributed by atoms with van der Waals surface area (Å²) < 4.78 is 17.4. The molecule has 194 valence electrons. The topological polar surface area (TPSA) is 136 Å². The predicted octanol–water partition coefficient (Wildman–Crippen LogP) is 0.967. The number of allylic oxidation sites excluding steroid dienone is 1. The fourth-order valence-electron chi connectivity index (χ4n) is 5.47. The summed E-state index contributed by atoms with van der Waals surface area (Å²) in [5, 5.41) is 36.0. The van der Waals surface area contributed by atoms with Crippen LogP contribution in [0.3, 0.4) is 0 Å². The lowest BCUT2D eigenvalue weighted by molar-refractivity contribution is -0.151. The lowest BCUT2D eigenvalue weighted by Crippen LogP contribution is -2.62. The van der Waals surface area contributed by atoms with Gasteiger partial charge in [-0.2, -0.15) is 5.26 Å². The number of epoxide rings is 1. The van der Waals surface area contributed by atoms with Crippen LogP contribution in [0.25, 0.3) is 5.57 Å². The van der Waals surface area contributed by atoms with E-state index in [1.807, 2.05) is 18.2 Å². The second-order valence-electron chi connectivity index (χ2n) is 9.73. The van der Waals surface area contributed by atoms with Crippen LogP contribution in [0.15, 0.2) is 30.3 Å². The Morgan fingerprint density at radius 3 is 2.81 bits per heavy atom. The quantitative estimate of drug-likeness (QED) is 0.310. The molecule has 1 amide bonds. The minimum Gasteiger partial charge on any atom is -0.387 e. The number of aliphatic hydroxyl groups excluding tert-OH is 1. The Balaban J connectivity index is 1.26. The van der Waals surface area contributed by atoms with Crippen LogP contribution in [0.2, 0.25) is 0 Å². The predicted molar refractivity (Wildman–Crippen MR) is 134 cm³/mol. The summed E-state index contributed by atoms with van der Waals surface area (Å²) in [6.07, 6.45) is 1.45. The number of hydrogen-bond acceptors (Lipinski definition) is 9. The largest absolute Gasteiger partial charge is 0.387 e. The zero-order valence-electron chi connectivity index (χ0n) is 20.0. The van der Waals surface area contributed by atoms with E-state index in [0.717, 1.165) is 17.6 Å². The number of ether oxygens (including phenoxy) is 3. The maximum atomic E-state index is 13.4. The van der Waals surface area contributed by atoms with E-state index in [1.54, 1.807) is 25.3 Å². The number of aliphatic hydroxyl groups is 2. The summed E-state index contributed by atoms with van der Waals surface area (Å²) in [7, 11) is 0. The fraction of sp³-hybridized carbons (Fsp3) is 0.600. The average Bonchev–Trinajstić information content (AvgIpc) is 3.51. The third-order valence-electron chi connectivity index (χ3n) is 7.46. The molecule has 10 atom stereocenters. The van der Waals surface area contributed by atoms with Gasteiger partial charge in [0, 0.05) is 12.5 Å². The number of amides is 1. The lowest BCUT2D eigenvalue weighted by atomic mass is 9.90. The first-order valence-electron chi connectivity index (χ1n) is 12.0. The number of alkyl halides is 1. The van der Waals surface area contributed by atoms with Gasteiger partial charge in [0.15, 0.2) is 5.44 Å². The van der Waals surface area contributed by atoms with Gasteiger partial charge in [-0.05, 0) is 42.9 Å². The number of nitriles is 1. The summed E-state index contributed by atoms with van der Waals surface area (Å²) in [6, 6.07) is 8.30. The fourth-order valence-corrected chi connectivity index (χ4v) is 6.44. The van der Waals surface area contributed by atoms with Crippen molar-refractivity contribution in [1.29, 1.82) is 5.26 Å². The Hall–Kier alpha value is -1.68. The van der Waals surface area contributed by atoms with Crippen molar-refractivity contribution in [3.63, 3.8) is 0 Å². The van der Waals surface area contributed by atoms with Crippen molar-refractivity contribution in [2.24, 2.45) is 5.92 Å². The first-order chi connectivity index (χ1) is 17.3. The maximum absolute atomic E-state index is 13.4. The van der Waals surface area contributed by atoms with Crippen molar-refractivity contribution in [2.45, 2.75) is 66.4 Å². The molecule has 0 saturated carbocycles. The SMILES string of the molecule is CSC1O[C@H]([C@H](NC(=O)[C@H]2NC[C@@H]3CC(c4ccc(C#N)cc4)=CCO[C@H]32)[C@H](C)Cl)C(O)C2O[C@]12O.